The fourth-order valence-corrected chi connectivity index (χ4v) is 2.19. The maximum atomic E-state index is 11.8. The van der Waals surface area contributed by atoms with Crippen LogP contribution < -0.4 is 0 Å². The van der Waals surface area contributed by atoms with E-state index < -0.39 is 16.5 Å². The predicted molar refractivity (Wildman–Crippen MR) is 93.4 cm³/mol. The van der Waals surface area contributed by atoms with Gasteiger partial charge < -0.3 is 4.74 Å². The SMILES string of the molecule is CC(C)(C)OC(=O)/C=C/c1ccccc1-c1cccc([N+](=O)[O-])c1. The lowest BCUT2D eigenvalue weighted by atomic mass is 9.99. The summed E-state index contributed by atoms with van der Waals surface area (Å²) >= 11 is 0. The first kappa shape index (κ1) is 17.4. The fourth-order valence-electron chi connectivity index (χ4n) is 2.19. The Kier molecular flexibility index (Phi) is 5.14. The van der Waals surface area contributed by atoms with Gasteiger partial charge in [-0.25, -0.2) is 4.79 Å². The second-order valence-electron chi connectivity index (χ2n) is 6.26. The van der Waals surface area contributed by atoms with Crippen LogP contribution in [-0.4, -0.2) is 16.5 Å². The minimum Gasteiger partial charge on any atom is -0.457 e. The minimum absolute atomic E-state index is 0.0263. The molecule has 0 aliphatic heterocycles. The molecular weight excluding hydrogens is 306 g/mol. The van der Waals surface area contributed by atoms with E-state index in [-0.39, 0.29) is 5.69 Å². The Morgan fingerprint density at radius 1 is 1.12 bits per heavy atom. The van der Waals surface area contributed by atoms with Crippen LogP contribution in [-0.2, 0) is 9.53 Å². The lowest BCUT2D eigenvalue weighted by Gasteiger charge is -2.18. The van der Waals surface area contributed by atoms with Crippen LogP contribution >= 0.6 is 0 Å². The molecule has 2 aromatic carbocycles. The molecule has 0 amide bonds. The number of ether oxygens (including phenoxy) is 1. The standard InChI is InChI=1S/C19H19NO4/c1-19(2,3)24-18(21)12-11-14-7-4-5-10-17(14)15-8-6-9-16(13-15)20(22)23/h4-13H,1-3H3/b12-11+. The molecule has 0 saturated heterocycles. The molecule has 0 aromatic heterocycles. The Labute approximate surface area is 140 Å². The van der Waals surface area contributed by atoms with Crippen molar-refractivity contribution < 1.29 is 14.5 Å². The molecular formula is C19H19NO4. The number of benzene rings is 2. The van der Waals surface area contributed by atoms with E-state index in [4.69, 9.17) is 4.74 Å². The molecule has 24 heavy (non-hydrogen) atoms. The topological polar surface area (TPSA) is 69.4 Å². The zero-order valence-electron chi connectivity index (χ0n) is 13.9. The quantitative estimate of drug-likeness (QED) is 0.356. The van der Waals surface area contributed by atoms with Crippen molar-refractivity contribution in [2.24, 2.45) is 0 Å². The Morgan fingerprint density at radius 3 is 2.50 bits per heavy atom. The summed E-state index contributed by atoms with van der Waals surface area (Å²) in [6.45, 7) is 5.40. The summed E-state index contributed by atoms with van der Waals surface area (Å²) in [6, 6.07) is 13.8. The zero-order valence-corrected chi connectivity index (χ0v) is 13.9. The Morgan fingerprint density at radius 2 is 1.83 bits per heavy atom. The number of non-ortho nitro benzene ring substituents is 1. The number of carbonyl (C=O) groups excluding carboxylic acids is 1. The van der Waals surface area contributed by atoms with Crippen LogP contribution in [0.15, 0.2) is 54.6 Å². The summed E-state index contributed by atoms with van der Waals surface area (Å²) in [7, 11) is 0. The number of nitro groups is 1. The molecule has 0 atom stereocenters. The Hall–Kier alpha value is -2.95. The highest BCUT2D eigenvalue weighted by Crippen LogP contribution is 2.27. The van der Waals surface area contributed by atoms with Crippen LogP contribution in [0.4, 0.5) is 5.69 Å². The van der Waals surface area contributed by atoms with E-state index in [1.165, 1.54) is 18.2 Å². The zero-order chi connectivity index (χ0) is 17.7. The van der Waals surface area contributed by atoms with Crippen molar-refractivity contribution in [3.63, 3.8) is 0 Å². The molecule has 5 nitrogen and oxygen atoms in total. The van der Waals surface area contributed by atoms with Gasteiger partial charge in [0, 0.05) is 18.2 Å². The summed E-state index contributed by atoms with van der Waals surface area (Å²) in [5.41, 5.74) is 1.78. The Balaban J connectivity index is 2.33. The van der Waals surface area contributed by atoms with Crippen molar-refractivity contribution in [3.05, 3.63) is 70.3 Å². The molecule has 0 heterocycles. The summed E-state index contributed by atoms with van der Waals surface area (Å²) in [5.74, 6) is -0.434. The smallest absolute Gasteiger partial charge is 0.331 e. The van der Waals surface area contributed by atoms with E-state index in [1.54, 1.807) is 39.0 Å². The normalized spacial score (nSPS) is 11.5. The summed E-state index contributed by atoms with van der Waals surface area (Å²) < 4.78 is 5.24. The van der Waals surface area contributed by atoms with Crippen molar-refractivity contribution in [2.75, 3.05) is 0 Å². The fraction of sp³-hybridized carbons (Fsp3) is 0.211. The van der Waals surface area contributed by atoms with Crippen LogP contribution in [0, 0.1) is 10.1 Å². The van der Waals surface area contributed by atoms with Crippen molar-refractivity contribution in [3.8, 4) is 11.1 Å². The summed E-state index contributed by atoms with van der Waals surface area (Å²) in [6.07, 6.45) is 3.02. The van der Waals surface area contributed by atoms with Gasteiger partial charge in [0.15, 0.2) is 0 Å². The molecule has 0 unspecified atom stereocenters. The van der Waals surface area contributed by atoms with Gasteiger partial charge in [-0.05, 0) is 43.5 Å². The van der Waals surface area contributed by atoms with Gasteiger partial charge in [0.1, 0.15) is 5.60 Å². The molecule has 0 aliphatic rings. The van der Waals surface area contributed by atoms with Crippen LogP contribution in [0.25, 0.3) is 17.2 Å². The molecule has 0 fully saturated rings. The number of esters is 1. The number of rotatable bonds is 4. The van der Waals surface area contributed by atoms with Gasteiger partial charge in [-0.3, -0.25) is 10.1 Å². The maximum Gasteiger partial charge on any atom is 0.331 e. The lowest BCUT2D eigenvalue weighted by molar-refractivity contribution is -0.384. The molecule has 124 valence electrons. The van der Waals surface area contributed by atoms with E-state index in [2.05, 4.69) is 0 Å². The van der Waals surface area contributed by atoms with Crippen LogP contribution in [0.1, 0.15) is 26.3 Å². The van der Waals surface area contributed by atoms with Gasteiger partial charge in [-0.15, -0.1) is 0 Å². The first-order chi connectivity index (χ1) is 11.3. The predicted octanol–water partition coefficient (Wildman–Crippen LogP) is 4.62. The van der Waals surface area contributed by atoms with Gasteiger partial charge in [0.2, 0.25) is 0 Å². The number of nitro benzene ring substituents is 1. The third-order valence-corrected chi connectivity index (χ3v) is 3.13. The maximum absolute atomic E-state index is 11.8. The van der Waals surface area contributed by atoms with Gasteiger partial charge in [-0.1, -0.05) is 36.4 Å². The highest BCUT2D eigenvalue weighted by molar-refractivity contribution is 5.89. The highest BCUT2D eigenvalue weighted by Gasteiger charge is 2.14. The van der Waals surface area contributed by atoms with E-state index in [1.807, 2.05) is 24.3 Å². The highest BCUT2D eigenvalue weighted by atomic mass is 16.6. The number of hydrogen-bond donors (Lipinski definition) is 0. The third-order valence-electron chi connectivity index (χ3n) is 3.13. The molecule has 5 heteroatoms. The van der Waals surface area contributed by atoms with Crippen LogP contribution in [0.5, 0.6) is 0 Å². The monoisotopic (exact) mass is 325 g/mol. The molecule has 0 radical (unpaired) electrons. The van der Waals surface area contributed by atoms with Gasteiger partial charge in [0.25, 0.3) is 5.69 Å². The molecule has 0 aliphatic carbocycles. The molecule has 0 N–H and O–H groups in total. The third kappa shape index (κ3) is 4.78. The van der Waals surface area contributed by atoms with E-state index in [0.717, 1.165) is 11.1 Å². The molecule has 0 saturated carbocycles. The van der Waals surface area contributed by atoms with E-state index >= 15 is 0 Å². The summed E-state index contributed by atoms with van der Waals surface area (Å²) in [5, 5.41) is 10.9. The van der Waals surface area contributed by atoms with Crippen molar-refractivity contribution in [1.82, 2.24) is 0 Å². The van der Waals surface area contributed by atoms with Gasteiger partial charge in [-0.2, -0.15) is 0 Å². The second-order valence-corrected chi connectivity index (χ2v) is 6.26. The minimum atomic E-state index is -0.555. The molecule has 2 rings (SSSR count). The Bertz CT molecular complexity index is 788. The number of carbonyl (C=O) groups is 1. The second kappa shape index (κ2) is 7.08. The average Bonchev–Trinajstić information content (AvgIpc) is 2.51. The first-order valence-electron chi connectivity index (χ1n) is 7.51. The van der Waals surface area contributed by atoms with Crippen LogP contribution in [0.2, 0.25) is 0 Å². The number of nitrogens with zero attached hydrogens (tertiary/aromatic N) is 1. The lowest BCUT2D eigenvalue weighted by Crippen LogP contribution is -2.22. The largest absolute Gasteiger partial charge is 0.457 e. The first-order valence-corrected chi connectivity index (χ1v) is 7.51. The van der Waals surface area contributed by atoms with E-state index in [9.17, 15) is 14.9 Å². The van der Waals surface area contributed by atoms with Gasteiger partial charge >= 0.3 is 5.97 Å². The average molecular weight is 325 g/mol. The summed E-state index contributed by atoms with van der Waals surface area (Å²) in [4.78, 5) is 22.3. The molecule has 2 aromatic rings. The van der Waals surface area contributed by atoms with Crippen LogP contribution in [0.3, 0.4) is 0 Å². The van der Waals surface area contributed by atoms with Crippen molar-refractivity contribution >= 4 is 17.7 Å². The number of hydrogen-bond acceptors (Lipinski definition) is 4. The van der Waals surface area contributed by atoms with E-state index in [0.29, 0.717) is 5.56 Å². The van der Waals surface area contributed by atoms with Crippen molar-refractivity contribution in [1.29, 1.82) is 0 Å². The van der Waals surface area contributed by atoms with Crippen molar-refractivity contribution in [2.45, 2.75) is 26.4 Å². The molecule has 0 bridgehead atoms. The van der Waals surface area contributed by atoms with Gasteiger partial charge in [0.05, 0.1) is 4.92 Å². The molecule has 0 spiro atoms.